The second-order valence-corrected chi connectivity index (χ2v) is 14.0. The smallest absolute Gasteiger partial charge is 0.459 e. The van der Waals surface area contributed by atoms with E-state index in [4.69, 9.17) is 33.7 Å². The Morgan fingerprint density at radius 3 is 2.48 bits per heavy atom. The normalized spacial score (nSPS) is 21.7. The SMILES string of the molecule is CCC(CC)COC(=O)[C@H](C)NP(=O)(OC[C@H]1O[C@@](C#N)(c2ccc3c(N)ncnn23)[C@H](OC(C)=O)[C@@H]1OC(C)=O)Oc1cccc2ccccc12. The molecule has 2 aromatic carbocycles. The summed E-state index contributed by atoms with van der Waals surface area (Å²) in [5, 5.41) is 19.0. The Hall–Kier alpha value is -5.07. The molecule has 3 heterocycles. The summed E-state index contributed by atoms with van der Waals surface area (Å²) in [4.78, 5) is 41.9. The first kappa shape index (κ1) is 38.2. The second kappa shape index (κ2) is 16.1. The molecule has 0 spiro atoms. The number of nitriles is 1. The lowest BCUT2D eigenvalue weighted by molar-refractivity contribution is -0.166. The van der Waals surface area contributed by atoms with Crippen LogP contribution in [-0.2, 0) is 48.0 Å². The fraction of sp³-hybridized carbons (Fsp3) is 0.429. The second-order valence-electron chi connectivity index (χ2n) is 12.3. The van der Waals surface area contributed by atoms with Gasteiger partial charge in [-0.1, -0.05) is 63.1 Å². The number of fused-ring (bicyclic) bond motifs is 2. The van der Waals surface area contributed by atoms with Crippen molar-refractivity contribution in [2.45, 2.75) is 77.4 Å². The van der Waals surface area contributed by atoms with Crippen molar-refractivity contribution < 1.29 is 46.9 Å². The molecule has 6 atom stereocenters. The quantitative estimate of drug-likeness (QED) is 0.0968. The first-order valence-electron chi connectivity index (χ1n) is 16.7. The molecule has 2 aromatic heterocycles. The highest BCUT2D eigenvalue weighted by Gasteiger charge is 2.62. The van der Waals surface area contributed by atoms with Crippen LogP contribution in [0.1, 0.15) is 53.2 Å². The number of nitrogens with zero attached hydrogens (tertiary/aromatic N) is 4. The van der Waals surface area contributed by atoms with Gasteiger partial charge in [-0.05, 0) is 36.4 Å². The monoisotopic (exact) mass is 736 g/mol. The summed E-state index contributed by atoms with van der Waals surface area (Å²) in [7, 11) is -4.54. The van der Waals surface area contributed by atoms with E-state index in [1.165, 1.54) is 23.8 Å². The zero-order valence-corrected chi connectivity index (χ0v) is 30.3. The molecule has 1 aliphatic rings. The number of anilines is 1. The molecule has 0 amide bonds. The van der Waals surface area contributed by atoms with Gasteiger partial charge in [0.25, 0.3) is 0 Å². The molecular weight excluding hydrogens is 695 g/mol. The minimum absolute atomic E-state index is 0.0761. The molecule has 0 radical (unpaired) electrons. The third-order valence-corrected chi connectivity index (χ3v) is 10.4. The number of carbonyl (C=O) groups is 3. The number of ether oxygens (including phenoxy) is 4. The van der Waals surface area contributed by atoms with Gasteiger partial charge in [-0.3, -0.25) is 18.9 Å². The Balaban J connectivity index is 1.51. The van der Waals surface area contributed by atoms with Crippen molar-refractivity contribution in [3.63, 3.8) is 0 Å². The van der Waals surface area contributed by atoms with E-state index in [1.807, 2.05) is 32.0 Å². The Labute approximate surface area is 300 Å². The maximum Gasteiger partial charge on any atom is 0.459 e. The zero-order chi connectivity index (χ0) is 37.6. The van der Waals surface area contributed by atoms with Gasteiger partial charge < -0.3 is 29.2 Å². The minimum atomic E-state index is -4.54. The third kappa shape index (κ3) is 8.03. The Morgan fingerprint density at radius 2 is 1.79 bits per heavy atom. The molecule has 3 N–H and O–H groups in total. The molecule has 52 heavy (non-hydrogen) atoms. The van der Waals surface area contributed by atoms with Gasteiger partial charge in [0, 0.05) is 19.2 Å². The van der Waals surface area contributed by atoms with Gasteiger partial charge in [-0.25, -0.2) is 14.1 Å². The van der Waals surface area contributed by atoms with E-state index in [9.17, 15) is 24.2 Å². The molecule has 0 saturated carbocycles. The molecule has 16 nitrogen and oxygen atoms in total. The maximum absolute atomic E-state index is 14.7. The number of esters is 3. The topological polar surface area (TPSA) is 216 Å². The van der Waals surface area contributed by atoms with E-state index in [1.54, 1.807) is 30.3 Å². The third-order valence-electron chi connectivity index (χ3n) is 8.72. The molecule has 1 fully saturated rings. The van der Waals surface area contributed by atoms with Crippen molar-refractivity contribution in [1.82, 2.24) is 19.7 Å². The van der Waals surface area contributed by atoms with Gasteiger partial charge in [0.05, 0.1) is 18.9 Å². The van der Waals surface area contributed by atoms with Crippen molar-refractivity contribution in [3.8, 4) is 11.8 Å². The molecule has 276 valence electrons. The van der Waals surface area contributed by atoms with Crippen LogP contribution in [0.4, 0.5) is 5.82 Å². The summed E-state index contributed by atoms with van der Waals surface area (Å²) in [6.07, 6.45) is -1.63. The highest BCUT2D eigenvalue weighted by molar-refractivity contribution is 7.52. The number of nitrogen functional groups attached to an aromatic ring is 1. The van der Waals surface area contributed by atoms with Crippen LogP contribution >= 0.6 is 7.75 Å². The summed E-state index contributed by atoms with van der Waals surface area (Å²) in [5.74, 6) is -1.87. The predicted molar refractivity (Wildman–Crippen MR) is 186 cm³/mol. The van der Waals surface area contributed by atoms with Crippen molar-refractivity contribution in [3.05, 3.63) is 66.6 Å². The lowest BCUT2D eigenvalue weighted by Gasteiger charge is -2.28. The molecule has 0 bridgehead atoms. The van der Waals surface area contributed by atoms with Crippen molar-refractivity contribution in [2.75, 3.05) is 18.9 Å². The summed E-state index contributed by atoms with van der Waals surface area (Å²) < 4.78 is 51.1. The first-order chi connectivity index (χ1) is 24.8. The largest absolute Gasteiger partial charge is 0.464 e. The van der Waals surface area contributed by atoms with Crippen LogP contribution in [0.25, 0.3) is 16.3 Å². The van der Waals surface area contributed by atoms with E-state index < -0.39 is 62.2 Å². The lowest BCUT2D eigenvalue weighted by atomic mass is 9.92. The number of hydrogen-bond acceptors (Lipinski definition) is 14. The van der Waals surface area contributed by atoms with E-state index in [0.29, 0.717) is 10.9 Å². The number of benzene rings is 2. The van der Waals surface area contributed by atoms with Gasteiger partial charge >= 0.3 is 25.7 Å². The highest BCUT2D eigenvalue weighted by Crippen LogP contribution is 2.49. The predicted octanol–water partition coefficient (Wildman–Crippen LogP) is 4.61. The van der Waals surface area contributed by atoms with Gasteiger partial charge in [0.15, 0.2) is 18.0 Å². The lowest BCUT2D eigenvalue weighted by Crippen LogP contribution is -2.45. The van der Waals surface area contributed by atoms with Crippen molar-refractivity contribution in [1.29, 1.82) is 5.26 Å². The van der Waals surface area contributed by atoms with E-state index in [0.717, 1.165) is 32.1 Å². The van der Waals surface area contributed by atoms with Crippen LogP contribution in [0.2, 0.25) is 0 Å². The van der Waals surface area contributed by atoms with Gasteiger partial charge in [0.2, 0.25) is 5.60 Å². The Morgan fingerprint density at radius 1 is 1.08 bits per heavy atom. The van der Waals surface area contributed by atoms with Crippen LogP contribution in [0.5, 0.6) is 5.75 Å². The van der Waals surface area contributed by atoms with E-state index in [2.05, 4.69) is 21.2 Å². The molecular formula is C35H41N6O10P. The average Bonchev–Trinajstić information content (AvgIpc) is 3.68. The van der Waals surface area contributed by atoms with Crippen LogP contribution < -0.4 is 15.3 Å². The Bertz CT molecular complexity index is 2020. The summed E-state index contributed by atoms with van der Waals surface area (Å²) in [6, 6.07) is 16.3. The highest BCUT2D eigenvalue weighted by atomic mass is 31.2. The number of rotatable bonds is 15. The van der Waals surface area contributed by atoms with Crippen LogP contribution in [0.15, 0.2) is 60.9 Å². The number of carbonyl (C=O) groups excluding carboxylic acids is 3. The zero-order valence-electron chi connectivity index (χ0n) is 29.4. The molecule has 4 aromatic rings. The molecule has 0 aliphatic carbocycles. The van der Waals surface area contributed by atoms with Crippen LogP contribution in [0.3, 0.4) is 0 Å². The molecule has 1 unspecified atom stereocenters. The van der Waals surface area contributed by atoms with Crippen LogP contribution in [0, 0.1) is 17.2 Å². The molecule has 17 heteroatoms. The Kier molecular flexibility index (Phi) is 11.8. The summed E-state index contributed by atoms with van der Waals surface area (Å²) >= 11 is 0. The number of nitrogens with two attached hydrogens (primary N) is 1. The standard InChI is InChI=1S/C35H41N6O10P/c1-6-24(7-2)17-46-34(44)21(3)40-52(45,51-28-14-10-12-25-11-8-9-13-26(25)28)47-18-29-31(48-22(4)42)32(49-23(5)43)35(19-36,50-29)30-16-15-27-33(37)38-20-39-41(27)30/h8-16,20-21,24,29,31-32H,6-7,17-18H2,1-5H3,(H,40,45)(H2,37,38,39)/t21-,29+,31+,32+,35-,52?/m0/s1. The number of nitrogens with one attached hydrogen (secondary N) is 1. The first-order valence-corrected chi connectivity index (χ1v) is 18.3. The van der Waals surface area contributed by atoms with Gasteiger partial charge in [-0.15, -0.1) is 0 Å². The number of aromatic nitrogens is 3. The fourth-order valence-electron chi connectivity index (χ4n) is 5.98. The summed E-state index contributed by atoms with van der Waals surface area (Å²) in [5.41, 5.74) is 4.29. The molecule has 5 rings (SSSR count). The average molecular weight is 737 g/mol. The molecule has 1 aliphatic heterocycles. The minimum Gasteiger partial charge on any atom is -0.464 e. The van der Waals surface area contributed by atoms with Crippen molar-refractivity contribution in [2.24, 2.45) is 5.92 Å². The summed E-state index contributed by atoms with van der Waals surface area (Å²) in [6.45, 7) is 7.21. The van der Waals surface area contributed by atoms with E-state index in [-0.39, 0.29) is 29.8 Å². The van der Waals surface area contributed by atoms with Gasteiger partial charge in [0.1, 0.15) is 35.8 Å². The van der Waals surface area contributed by atoms with Crippen molar-refractivity contribution >= 4 is 47.8 Å². The van der Waals surface area contributed by atoms with E-state index >= 15 is 0 Å². The fourth-order valence-corrected chi connectivity index (χ4v) is 7.50. The maximum atomic E-state index is 14.7. The number of hydrogen-bond donors (Lipinski definition) is 2. The van der Waals surface area contributed by atoms with Crippen LogP contribution in [-0.4, -0.2) is 70.1 Å². The molecule has 1 saturated heterocycles. The van der Waals surface area contributed by atoms with Gasteiger partial charge in [-0.2, -0.15) is 15.4 Å².